The number of aliphatic hydroxyl groups is 2. The molecule has 16 heteroatoms. The average Bonchev–Trinajstić information content (AvgIpc) is 3.09. The normalized spacial score (nSPS) is 25.7. The molecule has 12 nitrogen and oxygen atoms in total. The summed E-state index contributed by atoms with van der Waals surface area (Å²) in [5, 5.41) is 47.5. The number of rotatable bonds is 8. The fourth-order valence-corrected chi connectivity index (χ4v) is 8.68. The number of alkyl halides is 3. The van der Waals surface area contributed by atoms with Gasteiger partial charge in [0.15, 0.2) is 0 Å². The number of aromatic hydroxyl groups is 2. The first-order chi connectivity index (χ1) is 24.1. The minimum atomic E-state index is -5.26. The van der Waals surface area contributed by atoms with Gasteiger partial charge in [-0.25, -0.2) is 0 Å². The molecule has 0 aromatic heterocycles. The van der Waals surface area contributed by atoms with Crippen molar-refractivity contribution in [1.29, 1.82) is 0 Å². The van der Waals surface area contributed by atoms with E-state index < -0.39 is 123 Å². The summed E-state index contributed by atoms with van der Waals surface area (Å²) in [7, 11) is 1.28. The zero-order valence-electron chi connectivity index (χ0n) is 27.0. The molecule has 3 aliphatic rings. The number of hydrogen-bond donors (Lipinski definition) is 5. The third-order valence-electron chi connectivity index (χ3n) is 9.30. The third kappa shape index (κ3) is 6.63. The van der Waals surface area contributed by atoms with E-state index in [2.05, 4.69) is 0 Å². The Kier molecular flexibility index (Phi) is 9.78. The minimum absolute atomic E-state index is 0.0243. The van der Waals surface area contributed by atoms with Crippen molar-refractivity contribution >= 4 is 42.7 Å². The van der Waals surface area contributed by atoms with Gasteiger partial charge in [0.1, 0.15) is 0 Å². The number of fused-ring (bicyclic) bond motifs is 3. The molecule has 2 aliphatic carbocycles. The number of amides is 1. The van der Waals surface area contributed by atoms with Gasteiger partial charge in [0, 0.05) is 0 Å². The Labute approximate surface area is 294 Å². The maximum atomic E-state index is 13.9. The number of carbonyl (C=O) groups excluding carboxylic acids is 4. The van der Waals surface area contributed by atoms with Crippen LogP contribution in [-0.2, 0) is 25.5 Å². The van der Waals surface area contributed by atoms with Crippen LogP contribution in [-0.4, -0.2) is 102 Å². The molecule has 0 spiro atoms. The van der Waals surface area contributed by atoms with E-state index >= 15 is 0 Å². The quantitative estimate of drug-likeness (QED) is 0.130. The van der Waals surface area contributed by atoms with E-state index in [0.717, 1.165) is 4.46 Å². The molecular weight excluding hydrogens is 746 g/mol. The Hall–Kier alpha value is -4.31. The van der Waals surface area contributed by atoms with Crippen LogP contribution in [0.4, 0.5) is 13.2 Å². The molecule has 6 rings (SSSR count). The number of phenols is 2. The monoisotopic (exact) mass is 779 g/mol. The number of phenolic OH excluding ortho intramolecular Hbond substituents is 2. The maximum absolute atomic E-state index is 13.9. The number of hydrogen-bond acceptors (Lipinski definition) is 11. The number of carbonyl (C=O) groups is 4. The molecule has 1 saturated heterocycles. The second-order valence-corrected chi connectivity index (χ2v) is 14.7. The van der Waals surface area contributed by atoms with Crippen molar-refractivity contribution in [2.24, 2.45) is 0 Å². The number of halogens is 3. The van der Waals surface area contributed by atoms with Crippen LogP contribution in [0.15, 0.2) is 48.5 Å². The summed E-state index contributed by atoms with van der Waals surface area (Å²) < 4.78 is 57.2. The zero-order valence-corrected chi connectivity index (χ0v) is 28.7. The predicted octanol–water partition coefficient (Wildman–Crippen LogP) is 2.18. The molecular formula is C35H32F3NO11Se. The Morgan fingerprint density at radius 1 is 1.02 bits per heavy atom. The molecule has 51 heavy (non-hydrogen) atoms. The van der Waals surface area contributed by atoms with E-state index in [9.17, 15) is 52.8 Å². The molecule has 3 aromatic carbocycles. The summed E-state index contributed by atoms with van der Waals surface area (Å²) >= 11 is -0.433. The van der Waals surface area contributed by atoms with Crippen molar-refractivity contribution in [3.05, 3.63) is 81.9 Å². The van der Waals surface area contributed by atoms with Crippen LogP contribution in [0, 0.1) is 0 Å². The van der Waals surface area contributed by atoms with Gasteiger partial charge in [-0.15, -0.1) is 0 Å². The van der Waals surface area contributed by atoms with E-state index in [-0.39, 0.29) is 33.3 Å². The number of benzene rings is 3. The van der Waals surface area contributed by atoms with Gasteiger partial charge in [0.25, 0.3) is 0 Å². The van der Waals surface area contributed by atoms with Gasteiger partial charge in [-0.05, 0) is 0 Å². The summed E-state index contributed by atoms with van der Waals surface area (Å²) in [4.78, 5) is 53.2. The standard InChI is InChI=1S/C35H32F3NO11Se/c1-15-28(41)19(39-33(46)35(36,37)38)11-23(49-15)50-21-13-34(47,22(40)14-51-16-7-4-3-5-8-16)12-18-25(21)32(45)27-26(30(18)43)29(42)17-9-6-10-20(48-2)24(17)31(27)44/h3-10,15,19,21,23,28,41,43,45,47H,11-14H2,1-2H3,(H,39,46). The summed E-state index contributed by atoms with van der Waals surface area (Å²) in [5.41, 5.74) is -4.18. The van der Waals surface area contributed by atoms with E-state index in [1.54, 1.807) is 23.5 Å². The summed E-state index contributed by atoms with van der Waals surface area (Å²) in [6.07, 6.45) is -12.8. The van der Waals surface area contributed by atoms with Crippen LogP contribution in [0.1, 0.15) is 68.8 Å². The first kappa shape index (κ1) is 36.5. The zero-order chi connectivity index (χ0) is 37.0. The van der Waals surface area contributed by atoms with Crippen LogP contribution < -0.4 is 14.5 Å². The number of ether oxygens (including phenoxy) is 3. The Morgan fingerprint density at radius 2 is 1.71 bits per heavy atom. The molecule has 5 N–H and O–H groups in total. The average molecular weight is 779 g/mol. The molecule has 0 radical (unpaired) electrons. The van der Waals surface area contributed by atoms with Gasteiger partial charge < -0.3 is 0 Å². The van der Waals surface area contributed by atoms with E-state index in [0.29, 0.717) is 0 Å². The van der Waals surface area contributed by atoms with Crippen LogP contribution in [0.3, 0.4) is 0 Å². The van der Waals surface area contributed by atoms with Crippen LogP contribution in [0.5, 0.6) is 17.2 Å². The van der Waals surface area contributed by atoms with Crippen molar-refractivity contribution < 1.29 is 67.0 Å². The molecule has 1 amide bonds. The van der Waals surface area contributed by atoms with E-state index in [1.165, 1.54) is 32.2 Å². The van der Waals surface area contributed by atoms with Crippen LogP contribution >= 0.6 is 0 Å². The Balaban J connectivity index is 1.42. The number of ketones is 3. The van der Waals surface area contributed by atoms with E-state index in [1.807, 2.05) is 12.1 Å². The molecule has 6 unspecified atom stereocenters. The fourth-order valence-electron chi connectivity index (χ4n) is 6.76. The van der Waals surface area contributed by atoms with Crippen molar-refractivity contribution in [1.82, 2.24) is 5.32 Å². The Morgan fingerprint density at radius 3 is 2.37 bits per heavy atom. The first-order valence-corrected chi connectivity index (χ1v) is 17.8. The van der Waals surface area contributed by atoms with Gasteiger partial charge in [0.2, 0.25) is 0 Å². The SMILES string of the molecule is COc1cccc2c1C(=O)c1c(O)c3c(c(O)c1C2=O)CC(O)(C(=O)C[Se]c1ccccc1)CC3OC1CC(NC(=O)C(F)(F)F)C(O)C(C)O1. The molecule has 6 atom stereocenters. The molecule has 1 fully saturated rings. The van der Waals surface area contributed by atoms with Crippen molar-refractivity contribution in [3.63, 3.8) is 0 Å². The second-order valence-electron chi connectivity index (χ2n) is 12.5. The molecule has 1 aliphatic heterocycles. The van der Waals surface area contributed by atoms with Gasteiger partial charge in [-0.1, -0.05) is 0 Å². The molecule has 0 saturated carbocycles. The number of nitrogens with one attached hydrogen (secondary N) is 1. The second kappa shape index (κ2) is 13.7. The summed E-state index contributed by atoms with van der Waals surface area (Å²) in [6, 6.07) is 11.7. The predicted molar refractivity (Wildman–Crippen MR) is 171 cm³/mol. The van der Waals surface area contributed by atoms with Crippen molar-refractivity contribution in [3.8, 4) is 17.2 Å². The number of Topliss-reactive ketones (excluding diaryl/α,β-unsaturated/α-hetero) is 1. The fraction of sp³-hybridized carbons (Fsp3) is 0.371. The topological polar surface area (TPSA) is 189 Å². The van der Waals surface area contributed by atoms with Crippen LogP contribution in [0.2, 0.25) is 5.32 Å². The van der Waals surface area contributed by atoms with E-state index in [4.69, 9.17) is 14.2 Å². The third-order valence-corrected chi connectivity index (χ3v) is 11.4. The summed E-state index contributed by atoms with van der Waals surface area (Å²) in [6.45, 7) is 1.32. The first-order valence-electron chi connectivity index (χ1n) is 15.7. The molecule has 0 bridgehead atoms. The molecule has 270 valence electrons. The number of methoxy groups -OCH3 is 1. The number of aliphatic hydroxyl groups excluding tert-OH is 1. The van der Waals surface area contributed by atoms with Crippen LogP contribution in [0.25, 0.3) is 0 Å². The molecule has 3 aromatic rings. The van der Waals surface area contributed by atoms with Crippen molar-refractivity contribution in [2.75, 3.05) is 7.11 Å². The van der Waals surface area contributed by atoms with Gasteiger partial charge >= 0.3 is 275 Å². The Bertz CT molecular complexity index is 1920. The van der Waals surface area contributed by atoms with Crippen molar-refractivity contribution in [2.45, 2.75) is 73.9 Å². The van der Waals surface area contributed by atoms with Gasteiger partial charge in [-0.2, -0.15) is 13.2 Å². The van der Waals surface area contributed by atoms with Gasteiger partial charge in [-0.3, -0.25) is 0 Å². The van der Waals surface area contributed by atoms with Gasteiger partial charge in [0.05, 0.1) is 7.11 Å². The summed E-state index contributed by atoms with van der Waals surface area (Å²) in [5.74, 6) is -6.20. The molecule has 1 heterocycles.